The lowest BCUT2D eigenvalue weighted by Gasteiger charge is -2.22. The highest BCUT2D eigenvalue weighted by Crippen LogP contribution is 2.28. The van der Waals surface area contributed by atoms with Gasteiger partial charge in [-0.25, -0.2) is 4.98 Å². The number of nitro benzene ring substituents is 1. The lowest BCUT2D eigenvalue weighted by atomic mass is 10.1. The van der Waals surface area contributed by atoms with Crippen LogP contribution in [0.3, 0.4) is 0 Å². The van der Waals surface area contributed by atoms with E-state index in [4.69, 9.17) is 4.98 Å². The zero-order chi connectivity index (χ0) is 17.1. The van der Waals surface area contributed by atoms with E-state index in [1.54, 1.807) is 23.5 Å². The number of benzene rings is 2. The molecule has 1 atom stereocenters. The summed E-state index contributed by atoms with van der Waals surface area (Å²) in [5.41, 5.74) is 2.28. The van der Waals surface area contributed by atoms with Gasteiger partial charge in [-0.15, -0.1) is 11.3 Å². The largest absolute Gasteiger partial charge is 0.297 e. The van der Waals surface area contributed by atoms with E-state index >= 15 is 0 Å². The maximum atomic E-state index is 10.7. The highest BCUT2D eigenvalue weighted by atomic mass is 32.1. The van der Waals surface area contributed by atoms with Gasteiger partial charge in [-0.3, -0.25) is 15.0 Å². The number of hydrogen-bond donors (Lipinski definition) is 0. The SMILES string of the molecule is C[C@@H](c1nc2ccccc2s1)N(C)CCc1ccc([N+](=O)[O-])cc1. The monoisotopic (exact) mass is 341 g/mol. The maximum Gasteiger partial charge on any atom is 0.269 e. The predicted octanol–water partition coefficient (Wildman–Crippen LogP) is 4.44. The van der Waals surface area contributed by atoms with Crippen LogP contribution in [0.5, 0.6) is 0 Å². The van der Waals surface area contributed by atoms with Crippen LogP contribution in [0.15, 0.2) is 48.5 Å². The first-order chi connectivity index (χ1) is 11.5. The second-order valence-electron chi connectivity index (χ2n) is 5.85. The molecule has 2 aromatic carbocycles. The summed E-state index contributed by atoms with van der Waals surface area (Å²) in [6, 6.07) is 15.2. The van der Waals surface area contributed by atoms with Crippen LogP contribution in [0, 0.1) is 10.1 Å². The van der Waals surface area contributed by atoms with Crippen molar-refractivity contribution in [3.05, 3.63) is 69.2 Å². The van der Waals surface area contributed by atoms with Gasteiger partial charge in [0.05, 0.1) is 21.2 Å². The van der Waals surface area contributed by atoms with Gasteiger partial charge in [0.25, 0.3) is 5.69 Å². The molecule has 0 N–H and O–H groups in total. The lowest BCUT2D eigenvalue weighted by Crippen LogP contribution is -2.24. The first kappa shape index (κ1) is 16.5. The first-order valence-corrected chi connectivity index (χ1v) is 8.65. The topological polar surface area (TPSA) is 59.3 Å². The summed E-state index contributed by atoms with van der Waals surface area (Å²) >= 11 is 1.73. The van der Waals surface area contributed by atoms with Crippen molar-refractivity contribution in [2.45, 2.75) is 19.4 Å². The molecule has 0 aliphatic rings. The first-order valence-electron chi connectivity index (χ1n) is 7.83. The van der Waals surface area contributed by atoms with Crippen LogP contribution < -0.4 is 0 Å². The average Bonchev–Trinajstić information content (AvgIpc) is 3.03. The Labute approximate surface area is 144 Å². The molecule has 24 heavy (non-hydrogen) atoms. The quantitative estimate of drug-likeness (QED) is 0.491. The molecule has 0 aliphatic carbocycles. The Kier molecular flexibility index (Phi) is 4.87. The molecule has 0 radical (unpaired) electrons. The van der Waals surface area contributed by atoms with Crippen LogP contribution in [0.4, 0.5) is 5.69 Å². The van der Waals surface area contributed by atoms with E-state index < -0.39 is 0 Å². The summed E-state index contributed by atoms with van der Waals surface area (Å²) in [4.78, 5) is 17.3. The van der Waals surface area contributed by atoms with E-state index in [1.165, 1.54) is 4.70 Å². The molecule has 5 nitrogen and oxygen atoms in total. The van der Waals surface area contributed by atoms with Gasteiger partial charge >= 0.3 is 0 Å². The van der Waals surface area contributed by atoms with Crippen molar-refractivity contribution in [2.24, 2.45) is 0 Å². The molecule has 124 valence electrons. The molecule has 1 heterocycles. The number of thiazole rings is 1. The van der Waals surface area contributed by atoms with E-state index in [0.29, 0.717) is 0 Å². The second kappa shape index (κ2) is 7.07. The number of aromatic nitrogens is 1. The third-order valence-electron chi connectivity index (χ3n) is 4.23. The van der Waals surface area contributed by atoms with Crippen LogP contribution in [0.1, 0.15) is 23.5 Å². The van der Waals surface area contributed by atoms with E-state index in [2.05, 4.69) is 24.9 Å². The van der Waals surface area contributed by atoms with E-state index in [-0.39, 0.29) is 16.7 Å². The number of nitrogens with zero attached hydrogens (tertiary/aromatic N) is 3. The van der Waals surface area contributed by atoms with Crippen molar-refractivity contribution in [1.29, 1.82) is 0 Å². The maximum absolute atomic E-state index is 10.7. The highest BCUT2D eigenvalue weighted by Gasteiger charge is 2.16. The summed E-state index contributed by atoms with van der Waals surface area (Å²) < 4.78 is 1.21. The Morgan fingerprint density at radius 2 is 1.92 bits per heavy atom. The molecule has 0 unspecified atom stereocenters. The van der Waals surface area contributed by atoms with Crippen LogP contribution in [0.2, 0.25) is 0 Å². The fourth-order valence-electron chi connectivity index (χ4n) is 2.54. The number of para-hydroxylation sites is 1. The highest BCUT2D eigenvalue weighted by molar-refractivity contribution is 7.18. The molecule has 0 saturated carbocycles. The van der Waals surface area contributed by atoms with Crippen LogP contribution in [-0.2, 0) is 6.42 Å². The van der Waals surface area contributed by atoms with Crippen molar-refractivity contribution in [3.8, 4) is 0 Å². The van der Waals surface area contributed by atoms with Crippen molar-refractivity contribution < 1.29 is 4.92 Å². The summed E-state index contributed by atoms with van der Waals surface area (Å²) in [5.74, 6) is 0. The summed E-state index contributed by atoms with van der Waals surface area (Å²) in [5, 5.41) is 11.8. The van der Waals surface area contributed by atoms with Gasteiger partial charge in [0.2, 0.25) is 0 Å². The van der Waals surface area contributed by atoms with Crippen molar-refractivity contribution in [2.75, 3.05) is 13.6 Å². The molecular formula is C18H19N3O2S. The minimum absolute atomic E-state index is 0.134. The smallest absolute Gasteiger partial charge is 0.269 e. The summed E-state index contributed by atoms with van der Waals surface area (Å²) in [7, 11) is 2.09. The number of rotatable bonds is 6. The lowest BCUT2D eigenvalue weighted by molar-refractivity contribution is -0.384. The minimum atomic E-state index is -0.370. The van der Waals surface area contributed by atoms with E-state index in [0.717, 1.165) is 29.1 Å². The van der Waals surface area contributed by atoms with Crippen LogP contribution in [0.25, 0.3) is 10.2 Å². The van der Waals surface area contributed by atoms with Gasteiger partial charge in [0.15, 0.2) is 0 Å². The Morgan fingerprint density at radius 3 is 2.58 bits per heavy atom. The molecule has 6 heteroatoms. The molecule has 0 fully saturated rings. The number of nitro groups is 1. The second-order valence-corrected chi connectivity index (χ2v) is 6.91. The van der Waals surface area contributed by atoms with Gasteiger partial charge in [0, 0.05) is 18.7 Å². The number of non-ortho nitro benzene ring substituents is 1. The number of likely N-dealkylation sites (N-methyl/N-ethyl adjacent to an activating group) is 1. The van der Waals surface area contributed by atoms with Gasteiger partial charge < -0.3 is 0 Å². The summed E-state index contributed by atoms with van der Waals surface area (Å²) in [6.07, 6.45) is 0.851. The molecule has 3 aromatic rings. The van der Waals surface area contributed by atoms with Gasteiger partial charge in [-0.1, -0.05) is 24.3 Å². The number of hydrogen-bond acceptors (Lipinski definition) is 5. The van der Waals surface area contributed by atoms with Gasteiger partial charge in [-0.05, 0) is 38.1 Å². The molecule has 0 aliphatic heterocycles. The Hall–Kier alpha value is -2.31. The van der Waals surface area contributed by atoms with Crippen molar-refractivity contribution in [1.82, 2.24) is 9.88 Å². The molecule has 0 spiro atoms. The third-order valence-corrected chi connectivity index (χ3v) is 5.44. The van der Waals surface area contributed by atoms with E-state index in [1.807, 2.05) is 30.3 Å². The molecular weight excluding hydrogens is 322 g/mol. The minimum Gasteiger partial charge on any atom is -0.297 e. The molecule has 1 aromatic heterocycles. The molecule has 0 bridgehead atoms. The average molecular weight is 341 g/mol. The molecule has 0 saturated heterocycles. The predicted molar refractivity (Wildman–Crippen MR) is 97.5 cm³/mol. The van der Waals surface area contributed by atoms with Crippen molar-refractivity contribution >= 4 is 27.2 Å². The Bertz CT molecular complexity index is 812. The van der Waals surface area contributed by atoms with Crippen molar-refractivity contribution in [3.63, 3.8) is 0 Å². The van der Waals surface area contributed by atoms with Crippen LogP contribution in [-0.4, -0.2) is 28.4 Å². The summed E-state index contributed by atoms with van der Waals surface area (Å²) in [6.45, 7) is 3.03. The molecule has 0 amide bonds. The Morgan fingerprint density at radius 1 is 1.21 bits per heavy atom. The fourth-order valence-corrected chi connectivity index (χ4v) is 3.63. The van der Waals surface area contributed by atoms with Gasteiger partial charge in [0.1, 0.15) is 5.01 Å². The van der Waals surface area contributed by atoms with Gasteiger partial charge in [-0.2, -0.15) is 0 Å². The Balaban J connectivity index is 1.63. The van der Waals surface area contributed by atoms with Crippen LogP contribution >= 0.6 is 11.3 Å². The normalized spacial score (nSPS) is 12.6. The van der Waals surface area contributed by atoms with E-state index in [9.17, 15) is 10.1 Å². The fraction of sp³-hybridized carbons (Fsp3) is 0.278. The number of fused-ring (bicyclic) bond motifs is 1. The molecule has 3 rings (SSSR count). The standard InChI is InChI=1S/C18H19N3O2S/c1-13(18-19-16-5-3-4-6-17(16)24-18)20(2)12-11-14-7-9-15(10-8-14)21(22)23/h3-10,13H,11-12H2,1-2H3/t13-/m0/s1. The zero-order valence-electron chi connectivity index (χ0n) is 13.7. The zero-order valence-corrected chi connectivity index (χ0v) is 14.5. The third kappa shape index (κ3) is 3.60.